The van der Waals surface area contributed by atoms with Crippen molar-refractivity contribution in [2.45, 2.75) is 70.8 Å². The second-order valence-electron chi connectivity index (χ2n) is 12.8. The molecule has 1 unspecified atom stereocenters. The molecule has 1 saturated heterocycles. The Hall–Kier alpha value is -3.32. The van der Waals surface area contributed by atoms with Crippen molar-refractivity contribution in [3.05, 3.63) is 48.0 Å². The topological polar surface area (TPSA) is 140 Å². The molecule has 0 aromatic heterocycles. The first-order valence-electron chi connectivity index (χ1n) is 15.4. The minimum Gasteiger partial charge on any atom is -0.444 e. The van der Waals surface area contributed by atoms with Crippen molar-refractivity contribution in [3.63, 3.8) is 0 Å². The first-order valence-corrected chi connectivity index (χ1v) is 19.0. The standard InChI is InChI=1S/C32H49N5O6S2/c1-8-24(2)11-9-10-22-45(33,42)27-15-12-25(13-16-27)34-30(38)28-23-26(14-17-29(28)35(6)44(7,40)41)36-18-20-37(21-19-36)31(39)43-32(3,4)5/h12-17,23-24,33H,8-11,18-22H2,1-7H3,(H,34,38)/t24-,45?/m1/s1. The SMILES string of the molecule is CC[C@@H](C)CCCCS(=N)(=O)c1ccc(NC(=O)c2cc(N3CCN(C(=O)OC(C)(C)C)CC3)ccc2N(C)S(C)(=O)=O)cc1. The van der Waals surface area contributed by atoms with Gasteiger partial charge in [-0.25, -0.2) is 22.2 Å². The number of nitrogens with zero attached hydrogens (tertiary/aromatic N) is 3. The van der Waals surface area contributed by atoms with Crippen molar-refractivity contribution in [2.75, 3.05) is 59.8 Å². The van der Waals surface area contributed by atoms with Crippen molar-refractivity contribution < 1.29 is 27.0 Å². The molecule has 2 amide bonds. The summed E-state index contributed by atoms with van der Waals surface area (Å²) in [5.74, 6) is 0.386. The number of sulfonamides is 1. The van der Waals surface area contributed by atoms with Gasteiger partial charge in [0.05, 0.1) is 27.2 Å². The Bertz CT molecular complexity index is 1550. The third-order valence-corrected chi connectivity index (χ3v) is 11.0. The summed E-state index contributed by atoms with van der Waals surface area (Å²) in [7, 11) is -5.23. The maximum atomic E-state index is 13.6. The van der Waals surface area contributed by atoms with Gasteiger partial charge in [0.25, 0.3) is 5.91 Å². The molecule has 1 aliphatic heterocycles. The van der Waals surface area contributed by atoms with Crippen molar-refractivity contribution in [1.82, 2.24) is 4.90 Å². The summed E-state index contributed by atoms with van der Waals surface area (Å²) < 4.78 is 52.9. The van der Waals surface area contributed by atoms with E-state index in [1.807, 2.05) is 25.7 Å². The third-order valence-electron chi connectivity index (χ3n) is 7.93. The summed E-state index contributed by atoms with van der Waals surface area (Å²) in [6, 6.07) is 11.4. The van der Waals surface area contributed by atoms with E-state index in [1.54, 1.807) is 47.4 Å². The maximum Gasteiger partial charge on any atom is 0.410 e. The first-order chi connectivity index (χ1) is 20.9. The second-order valence-corrected chi connectivity index (χ2v) is 17.0. The van der Waals surface area contributed by atoms with Crippen molar-refractivity contribution in [3.8, 4) is 0 Å². The van der Waals surface area contributed by atoms with Crippen LogP contribution >= 0.6 is 0 Å². The summed E-state index contributed by atoms with van der Waals surface area (Å²) in [4.78, 5) is 30.2. The molecular weight excluding hydrogens is 615 g/mol. The highest BCUT2D eigenvalue weighted by molar-refractivity contribution is 7.92. The monoisotopic (exact) mass is 663 g/mol. The van der Waals surface area contributed by atoms with E-state index in [4.69, 9.17) is 9.52 Å². The van der Waals surface area contributed by atoms with E-state index in [9.17, 15) is 22.2 Å². The van der Waals surface area contributed by atoms with Crippen molar-refractivity contribution in [2.24, 2.45) is 5.92 Å². The van der Waals surface area contributed by atoms with Gasteiger partial charge in [-0.2, -0.15) is 0 Å². The molecule has 2 N–H and O–H groups in total. The Labute approximate surface area is 269 Å². The molecule has 1 heterocycles. The largest absolute Gasteiger partial charge is 0.444 e. The average Bonchev–Trinajstić information content (AvgIpc) is 2.97. The second kappa shape index (κ2) is 14.8. The molecular formula is C32H49N5O6S2. The molecule has 1 fully saturated rings. The highest BCUT2D eigenvalue weighted by Crippen LogP contribution is 2.29. The number of rotatable bonds is 12. The molecule has 0 saturated carbocycles. The number of benzene rings is 2. The molecule has 45 heavy (non-hydrogen) atoms. The molecule has 1 aliphatic rings. The van der Waals surface area contributed by atoms with Crippen LogP contribution in [0.25, 0.3) is 0 Å². The zero-order valence-corrected chi connectivity index (χ0v) is 29.2. The molecule has 13 heteroatoms. The van der Waals surface area contributed by atoms with Crippen LogP contribution in [0.5, 0.6) is 0 Å². The lowest BCUT2D eigenvalue weighted by Crippen LogP contribution is -2.50. The van der Waals surface area contributed by atoms with Gasteiger partial charge in [0.15, 0.2) is 0 Å². The summed E-state index contributed by atoms with van der Waals surface area (Å²) in [6.45, 7) is 11.7. The predicted molar refractivity (Wildman–Crippen MR) is 181 cm³/mol. The molecule has 0 spiro atoms. The normalized spacial score (nSPS) is 16.1. The number of hydrogen-bond acceptors (Lipinski definition) is 8. The fourth-order valence-corrected chi connectivity index (χ4v) is 6.84. The summed E-state index contributed by atoms with van der Waals surface area (Å²) >= 11 is 0. The van der Waals surface area contributed by atoms with Gasteiger partial charge in [-0.05, 0) is 75.6 Å². The molecule has 2 aromatic rings. The van der Waals surface area contributed by atoms with E-state index < -0.39 is 31.3 Å². The van der Waals surface area contributed by atoms with E-state index in [2.05, 4.69) is 19.2 Å². The molecule has 250 valence electrons. The van der Waals surface area contributed by atoms with Crippen LogP contribution in [0, 0.1) is 10.7 Å². The summed E-state index contributed by atoms with van der Waals surface area (Å²) in [5, 5.41) is 2.83. The van der Waals surface area contributed by atoms with Crippen molar-refractivity contribution in [1.29, 1.82) is 4.78 Å². The first kappa shape index (κ1) is 36.2. The lowest BCUT2D eigenvalue weighted by molar-refractivity contribution is 0.0240. The molecule has 2 atom stereocenters. The maximum absolute atomic E-state index is 13.6. The number of ether oxygens (including phenoxy) is 1. The Morgan fingerprint density at radius 3 is 2.20 bits per heavy atom. The summed E-state index contributed by atoms with van der Waals surface area (Å²) in [6.07, 6.45) is 4.50. The van der Waals surface area contributed by atoms with Crippen molar-refractivity contribution >= 4 is 48.8 Å². The van der Waals surface area contributed by atoms with Gasteiger partial charge < -0.3 is 19.9 Å². The molecule has 0 bridgehead atoms. The van der Waals surface area contributed by atoms with Crippen LogP contribution in [-0.2, 0) is 24.5 Å². The zero-order valence-electron chi connectivity index (χ0n) is 27.6. The predicted octanol–water partition coefficient (Wildman–Crippen LogP) is 6.01. The minimum absolute atomic E-state index is 0.157. The number of unbranched alkanes of at least 4 members (excludes halogenated alkanes) is 1. The number of anilines is 3. The van der Waals surface area contributed by atoms with Crippen LogP contribution in [0.2, 0.25) is 0 Å². The Kier molecular flexibility index (Phi) is 11.9. The van der Waals surface area contributed by atoms with E-state index >= 15 is 0 Å². The summed E-state index contributed by atoms with van der Waals surface area (Å²) in [5.41, 5.74) is 0.928. The van der Waals surface area contributed by atoms with E-state index in [0.717, 1.165) is 29.8 Å². The Morgan fingerprint density at radius 1 is 1.02 bits per heavy atom. The number of carbonyl (C=O) groups excluding carboxylic acids is 2. The fourth-order valence-electron chi connectivity index (χ4n) is 4.91. The molecule has 0 aliphatic carbocycles. The number of amides is 2. The van der Waals surface area contributed by atoms with Gasteiger partial charge in [0.2, 0.25) is 10.0 Å². The number of hydrogen-bond donors (Lipinski definition) is 2. The molecule has 2 aromatic carbocycles. The molecule has 3 rings (SSSR count). The van der Waals surface area contributed by atoms with Crippen LogP contribution in [0.1, 0.15) is 70.7 Å². The molecule has 0 radical (unpaired) electrons. The van der Waals surface area contributed by atoms with Gasteiger partial charge in [0, 0.05) is 55.2 Å². The van der Waals surface area contributed by atoms with Crippen LogP contribution in [0.4, 0.5) is 21.9 Å². The fraction of sp³-hybridized carbons (Fsp3) is 0.562. The van der Waals surface area contributed by atoms with Gasteiger partial charge >= 0.3 is 6.09 Å². The van der Waals surface area contributed by atoms with Gasteiger partial charge in [0.1, 0.15) is 5.60 Å². The highest BCUT2D eigenvalue weighted by Gasteiger charge is 2.27. The third kappa shape index (κ3) is 10.4. The number of carbonyl (C=O) groups is 2. The van der Waals surface area contributed by atoms with Gasteiger partial charge in [-0.15, -0.1) is 0 Å². The quantitative estimate of drug-likeness (QED) is 0.265. The van der Waals surface area contributed by atoms with E-state index in [-0.39, 0.29) is 23.1 Å². The van der Waals surface area contributed by atoms with E-state index in [1.165, 1.54) is 7.05 Å². The Morgan fingerprint density at radius 2 is 1.64 bits per heavy atom. The van der Waals surface area contributed by atoms with Gasteiger partial charge in [-0.3, -0.25) is 9.10 Å². The Balaban J connectivity index is 1.76. The van der Waals surface area contributed by atoms with Crippen LogP contribution in [0.15, 0.2) is 47.4 Å². The minimum atomic E-state index is -3.66. The van der Waals surface area contributed by atoms with Crippen LogP contribution in [-0.4, -0.2) is 80.4 Å². The highest BCUT2D eigenvalue weighted by atomic mass is 32.2. The lowest BCUT2D eigenvalue weighted by Gasteiger charge is -2.37. The molecule has 11 nitrogen and oxygen atoms in total. The smallest absolute Gasteiger partial charge is 0.410 e. The number of piperazine rings is 1. The van der Waals surface area contributed by atoms with Gasteiger partial charge in [-0.1, -0.05) is 33.1 Å². The zero-order chi connectivity index (χ0) is 33.6. The van der Waals surface area contributed by atoms with E-state index in [0.29, 0.717) is 54.8 Å². The number of nitrogens with one attached hydrogen (secondary N) is 2. The van der Waals surface area contributed by atoms with Crippen LogP contribution in [0.3, 0.4) is 0 Å². The lowest BCUT2D eigenvalue weighted by atomic mass is 10.0. The average molecular weight is 664 g/mol. The van der Waals surface area contributed by atoms with Crippen LogP contribution < -0.4 is 14.5 Å².